The molecule has 0 bridgehead atoms. The number of carboxylic acids is 1. The first-order chi connectivity index (χ1) is 12.9. The zero-order chi connectivity index (χ0) is 19.6. The number of carboxylic acid groups (broad SMARTS) is 1. The van der Waals surface area contributed by atoms with Crippen LogP contribution in [-0.4, -0.2) is 47.6 Å². The number of halogens is 1. The largest absolute Gasteiger partial charge is 0.497 e. The van der Waals surface area contributed by atoms with Gasteiger partial charge in [0.1, 0.15) is 17.6 Å². The molecule has 0 aliphatic carbocycles. The van der Waals surface area contributed by atoms with Crippen LogP contribution in [-0.2, 0) is 16.0 Å². The number of likely N-dealkylation sites (tertiary alicyclic amines) is 1. The molecule has 0 aromatic heterocycles. The Morgan fingerprint density at radius 2 is 2.11 bits per heavy atom. The molecule has 0 spiro atoms. The van der Waals surface area contributed by atoms with E-state index in [-0.39, 0.29) is 18.3 Å². The van der Waals surface area contributed by atoms with Crippen LogP contribution < -0.4 is 10.5 Å². The first-order valence-corrected chi connectivity index (χ1v) is 8.92. The van der Waals surface area contributed by atoms with E-state index in [9.17, 15) is 19.1 Å². The van der Waals surface area contributed by atoms with E-state index in [4.69, 9.17) is 10.5 Å². The predicted octanol–water partition coefficient (Wildman–Crippen LogP) is 2.32. The maximum absolute atomic E-state index is 14.2. The lowest BCUT2D eigenvalue weighted by molar-refractivity contribution is -0.143. The second-order valence-corrected chi connectivity index (χ2v) is 6.88. The van der Waals surface area contributed by atoms with Crippen molar-refractivity contribution in [1.29, 1.82) is 0 Å². The predicted molar refractivity (Wildman–Crippen MR) is 99.1 cm³/mol. The fourth-order valence-corrected chi connectivity index (χ4v) is 3.94. The number of primary amides is 1. The van der Waals surface area contributed by atoms with Crippen molar-refractivity contribution in [1.82, 2.24) is 4.90 Å². The van der Waals surface area contributed by atoms with Crippen LogP contribution in [0.2, 0.25) is 0 Å². The smallest absolute Gasteiger partial charge is 0.320 e. The average molecular weight is 374 g/mol. The van der Waals surface area contributed by atoms with Crippen LogP contribution in [0.25, 0.3) is 10.8 Å². The molecule has 1 unspecified atom stereocenters. The minimum Gasteiger partial charge on any atom is -0.497 e. The van der Waals surface area contributed by atoms with Crippen molar-refractivity contribution in [3.63, 3.8) is 0 Å². The molecule has 2 atom stereocenters. The Bertz CT molecular complexity index is 870. The molecule has 27 heavy (non-hydrogen) atoms. The van der Waals surface area contributed by atoms with E-state index >= 15 is 0 Å². The maximum Gasteiger partial charge on any atom is 0.320 e. The van der Waals surface area contributed by atoms with Gasteiger partial charge < -0.3 is 15.6 Å². The monoisotopic (exact) mass is 374 g/mol. The molecule has 6 nitrogen and oxygen atoms in total. The molecule has 1 saturated heterocycles. The highest BCUT2D eigenvalue weighted by atomic mass is 19.1. The lowest BCUT2D eigenvalue weighted by Gasteiger charge is -2.31. The molecule has 1 aliphatic heterocycles. The van der Waals surface area contributed by atoms with Gasteiger partial charge in [-0.3, -0.25) is 14.5 Å². The number of methoxy groups -OCH3 is 1. The normalized spacial score (nSPS) is 18.5. The van der Waals surface area contributed by atoms with Crippen LogP contribution in [0.1, 0.15) is 24.8 Å². The Morgan fingerprint density at radius 1 is 1.33 bits per heavy atom. The summed E-state index contributed by atoms with van der Waals surface area (Å²) in [5, 5.41) is 10.6. The number of benzene rings is 2. The topological polar surface area (TPSA) is 92.9 Å². The molecule has 7 heteroatoms. The zero-order valence-electron chi connectivity index (χ0n) is 15.2. The number of carbonyl (C=O) groups excluding carboxylic acids is 1. The molecule has 2 aromatic rings. The molecule has 3 rings (SSSR count). The number of carbonyl (C=O) groups is 2. The van der Waals surface area contributed by atoms with Crippen molar-refractivity contribution in [2.24, 2.45) is 5.73 Å². The molecule has 1 amide bonds. The van der Waals surface area contributed by atoms with Crippen LogP contribution in [0.5, 0.6) is 5.75 Å². The van der Waals surface area contributed by atoms with Crippen LogP contribution in [0.15, 0.2) is 30.3 Å². The number of fused-ring (bicyclic) bond motifs is 1. The fraction of sp³-hybridized carbons (Fsp3) is 0.400. The summed E-state index contributed by atoms with van der Waals surface area (Å²) < 4.78 is 19.5. The van der Waals surface area contributed by atoms with Crippen molar-refractivity contribution in [3.8, 4) is 5.75 Å². The van der Waals surface area contributed by atoms with E-state index in [1.807, 2.05) is 4.90 Å². The lowest BCUT2D eigenvalue weighted by atomic mass is 9.95. The third-order valence-electron chi connectivity index (χ3n) is 5.20. The Hall–Kier alpha value is -2.67. The van der Waals surface area contributed by atoms with Gasteiger partial charge >= 0.3 is 5.97 Å². The summed E-state index contributed by atoms with van der Waals surface area (Å²) in [5.74, 6) is -1.12. The first kappa shape index (κ1) is 19.1. The van der Waals surface area contributed by atoms with E-state index in [1.54, 1.807) is 24.3 Å². The number of nitrogens with zero attached hydrogens (tertiary/aromatic N) is 1. The average Bonchev–Trinajstić information content (AvgIpc) is 3.12. The number of hydrogen-bond acceptors (Lipinski definition) is 4. The van der Waals surface area contributed by atoms with Crippen LogP contribution >= 0.6 is 0 Å². The third kappa shape index (κ3) is 4.03. The molecule has 1 aliphatic rings. The molecule has 3 N–H and O–H groups in total. The molecule has 0 saturated carbocycles. The van der Waals surface area contributed by atoms with Crippen molar-refractivity contribution < 1.29 is 23.8 Å². The van der Waals surface area contributed by atoms with Gasteiger partial charge in [0.05, 0.1) is 7.11 Å². The highest BCUT2D eigenvalue weighted by Crippen LogP contribution is 2.30. The Labute approximate surface area is 156 Å². The van der Waals surface area contributed by atoms with Crippen LogP contribution in [0.4, 0.5) is 4.39 Å². The summed E-state index contributed by atoms with van der Waals surface area (Å²) in [6.45, 7) is 0.595. The number of nitrogens with two attached hydrogens (primary N) is 1. The van der Waals surface area contributed by atoms with E-state index in [0.29, 0.717) is 35.9 Å². The highest BCUT2D eigenvalue weighted by Gasteiger charge is 2.36. The number of ether oxygens (including phenoxy) is 1. The third-order valence-corrected chi connectivity index (χ3v) is 5.20. The van der Waals surface area contributed by atoms with Crippen LogP contribution in [0.3, 0.4) is 0 Å². The van der Waals surface area contributed by atoms with E-state index in [2.05, 4.69) is 0 Å². The zero-order valence-corrected chi connectivity index (χ0v) is 15.2. The van der Waals surface area contributed by atoms with Gasteiger partial charge in [-0.25, -0.2) is 4.39 Å². The van der Waals surface area contributed by atoms with E-state index < -0.39 is 17.9 Å². The SMILES string of the molecule is COc1ccc2c(F)ccc(CC(CC(N)=O)N3CCC[C@H]3C(=O)O)c2c1. The molecule has 2 aromatic carbocycles. The summed E-state index contributed by atoms with van der Waals surface area (Å²) in [7, 11) is 1.54. The standard InChI is InChI=1S/C20H23FN2O4/c1-27-14-5-6-15-16(11-14)12(4-7-17(15)21)9-13(10-19(22)24)23-8-2-3-18(23)20(25)26/h4-7,11,13,18H,2-3,8-10H2,1H3,(H2,22,24)(H,25,26)/t13?,18-/m0/s1. The van der Waals surface area contributed by atoms with Gasteiger partial charge in [0.25, 0.3) is 0 Å². The fourth-order valence-electron chi connectivity index (χ4n) is 3.94. The minimum absolute atomic E-state index is 0.0482. The Balaban J connectivity index is 1.99. The van der Waals surface area contributed by atoms with Crippen molar-refractivity contribution in [3.05, 3.63) is 41.7 Å². The van der Waals surface area contributed by atoms with Crippen molar-refractivity contribution >= 4 is 22.6 Å². The Kier molecular flexibility index (Phi) is 5.60. The van der Waals surface area contributed by atoms with Gasteiger partial charge in [0, 0.05) is 17.8 Å². The number of rotatable bonds is 7. The van der Waals surface area contributed by atoms with Gasteiger partial charge in [0.15, 0.2) is 0 Å². The summed E-state index contributed by atoms with van der Waals surface area (Å²) in [6.07, 6.45) is 1.75. The first-order valence-electron chi connectivity index (χ1n) is 8.92. The lowest BCUT2D eigenvalue weighted by Crippen LogP contribution is -2.46. The maximum atomic E-state index is 14.2. The minimum atomic E-state index is -0.896. The van der Waals surface area contributed by atoms with Crippen molar-refractivity contribution in [2.45, 2.75) is 37.8 Å². The highest BCUT2D eigenvalue weighted by molar-refractivity contribution is 5.88. The molecule has 1 heterocycles. The van der Waals surface area contributed by atoms with E-state index in [0.717, 1.165) is 12.0 Å². The van der Waals surface area contributed by atoms with E-state index in [1.165, 1.54) is 13.2 Å². The molecule has 0 radical (unpaired) electrons. The summed E-state index contributed by atoms with van der Waals surface area (Å²) in [5.41, 5.74) is 6.25. The van der Waals surface area contributed by atoms with Gasteiger partial charge in [-0.15, -0.1) is 0 Å². The number of amides is 1. The second-order valence-electron chi connectivity index (χ2n) is 6.88. The van der Waals surface area contributed by atoms with Crippen LogP contribution in [0, 0.1) is 5.82 Å². The summed E-state index contributed by atoms with van der Waals surface area (Å²) in [4.78, 5) is 25.0. The summed E-state index contributed by atoms with van der Waals surface area (Å²) >= 11 is 0. The number of aliphatic carboxylic acids is 1. The second kappa shape index (κ2) is 7.92. The van der Waals surface area contributed by atoms with Gasteiger partial charge in [-0.1, -0.05) is 6.07 Å². The van der Waals surface area contributed by atoms with Gasteiger partial charge in [-0.05, 0) is 61.0 Å². The number of hydrogen-bond donors (Lipinski definition) is 2. The Morgan fingerprint density at radius 3 is 2.78 bits per heavy atom. The molecular formula is C20H23FN2O4. The molecule has 144 valence electrons. The molecule has 1 fully saturated rings. The quantitative estimate of drug-likeness (QED) is 0.776. The van der Waals surface area contributed by atoms with Crippen molar-refractivity contribution in [2.75, 3.05) is 13.7 Å². The van der Waals surface area contributed by atoms with Gasteiger partial charge in [0.2, 0.25) is 5.91 Å². The molecular weight excluding hydrogens is 351 g/mol. The summed E-state index contributed by atoms with van der Waals surface area (Å²) in [6, 6.07) is 7.19. The van der Waals surface area contributed by atoms with Gasteiger partial charge in [-0.2, -0.15) is 0 Å².